The molecule has 4 heteroatoms. The van der Waals surface area contributed by atoms with Gasteiger partial charge in [-0.2, -0.15) is 0 Å². The van der Waals surface area contributed by atoms with E-state index in [1.54, 1.807) is 18.6 Å². The van der Waals surface area contributed by atoms with Crippen LogP contribution in [0.5, 0.6) is 0 Å². The van der Waals surface area contributed by atoms with Gasteiger partial charge in [-0.25, -0.2) is 4.98 Å². The predicted molar refractivity (Wildman–Crippen MR) is 50.5 cm³/mol. The van der Waals surface area contributed by atoms with E-state index in [1.165, 1.54) is 0 Å². The minimum absolute atomic E-state index is 0.483. The Bertz CT molecular complexity index is 419. The molecular weight excluding hydrogens is 164 g/mol. The van der Waals surface area contributed by atoms with Gasteiger partial charge >= 0.3 is 0 Å². The van der Waals surface area contributed by atoms with E-state index in [0.717, 1.165) is 11.3 Å². The summed E-state index contributed by atoms with van der Waals surface area (Å²) in [5.41, 5.74) is 7.76. The fourth-order valence-electron chi connectivity index (χ4n) is 1.23. The second-order valence-corrected chi connectivity index (χ2v) is 2.82. The van der Waals surface area contributed by atoms with Crippen LogP contribution in [0.3, 0.4) is 0 Å². The van der Waals surface area contributed by atoms with E-state index in [9.17, 15) is 0 Å². The maximum absolute atomic E-state index is 5.67. The molecule has 0 fully saturated rings. The Morgan fingerprint density at radius 1 is 1.38 bits per heavy atom. The lowest BCUT2D eigenvalue weighted by Gasteiger charge is -2.06. The maximum Gasteiger partial charge on any atom is 0.204 e. The van der Waals surface area contributed by atoms with Gasteiger partial charge in [0.05, 0.1) is 11.9 Å². The van der Waals surface area contributed by atoms with E-state index in [0.29, 0.717) is 5.95 Å². The summed E-state index contributed by atoms with van der Waals surface area (Å²) in [5, 5.41) is 0. The highest BCUT2D eigenvalue weighted by atomic mass is 15.1. The van der Waals surface area contributed by atoms with Crippen molar-refractivity contribution >= 4 is 5.95 Å². The smallest absolute Gasteiger partial charge is 0.204 e. The van der Waals surface area contributed by atoms with Gasteiger partial charge in [-0.15, -0.1) is 0 Å². The molecule has 0 saturated carbocycles. The lowest BCUT2D eigenvalue weighted by atomic mass is 10.2. The molecule has 2 rings (SSSR count). The van der Waals surface area contributed by atoms with Crippen molar-refractivity contribution in [3.8, 4) is 5.69 Å². The molecule has 2 aromatic rings. The Hall–Kier alpha value is -1.84. The van der Waals surface area contributed by atoms with Crippen LogP contribution in [0.2, 0.25) is 0 Å². The van der Waals surface area contributed by atoms with E-state index in [2.05, 4.69) is 9.97 Å². The Morgan fingerprint density at radius 2 is 2.23 bits per heavy atom. The molecule has 0 bridgehead atoms. The topological polar surface area (TPSA) is 56.7 Å². The number of nitrogens with zero attached hydrogens (tertiary/aromatic N) is 3. The number of nitrogen functional groups attached to an aromatic ring is 1. The molecule has 0 spiro atoms. The molecule has 0 aliphatic rings. The molecule has 2 aromatic heterocycles. The highest BCUT2D eigenvalue weighted by Gasteiger charge is 2.02. The molecule has 0 unspecified atom stereocenters. The van der Waals surface area contributed by atoms with Gasteiger partial charge in [0.2, 0.25) is 5.95 Å². The number of hydrogen-bond donors (Lipinski definition) is 1. The third kappa shape index (κ3) is 1.26. The van der Waals surface area contributed by atoms with Gasteiger partial charge in [0.1, 0.15) is 0 Å². The van der Waals surface area contributed by atoms with Crippen molar-refractivity contribution in [2.75, 3.05) is 5.73 Å². The number of aromatic nitrogens is 3. The number of imidazole rings is 1. The van der Waals surface area contributed by atoms with Crippen LogP contribution in [0.15, 0.2) is 30.9 Å². The predicted octanol–water partition coefficient (Wildman–Crippen LogP) is 1.16. The van der Waals surface area contributed by atoms with Crippen LogP contribution in [-0.4, -0.2) is 14.5 Å². The Kier molecular flexibility index (Phi) is 1.73. The highest BCUT2D eigenvalue weighted by molar-refractivity contribution is 5.42. The molecule has 2 N–H and O–H groups in total. The second kappa shape index (κ2) is 2.90. The third-order valence-corrected chi connectivity index (χ3v) is 1.94. The number of aryl methyl sites for hydroxylation is 1. The fourth-order valence-corrected chi connectivity index (χ4v) is 1.23. The molecular formula is C9H10N4. The Labute approximate surface area is 76.1 Å². The van der Waals surface area contributed by atoms with Crippen LogP contribution in [0, 0.1) is 6.92 Å². The van der Waals surface area contributed by atoms with Gasteiger partial charge in [0.15, 0.2) is 0 Å². The fraction of sp³-hybridized carbons (Fsp3) is 0.111. The van der Waals surface area contributed by atoms with Crippen molar-refractivity contribution in [3.63, 3.8) is 0 Å². The molecule has 2 heterocycles. The molecule has 66 valence electrons. The number of pyridine rings is 1. The normalized spacial score (nSPS) is 10.2. The molecule has 13 heavy (non-hydrogen) atoms. The lowest BCUT2D eigenvalue weighted by molar-refractivity contribution is 1.04. The van der Waals surface area contributed by atoms with Crippen LogP contribution in [0.4, 0.5) is 5.95 Å². The zero-order valence-corrected chi connectivity index (χ0v) is 7.31. The highest BCUT2D eigenvalue weighted by Crippen LogP contribution is 2.14. The quantitative estimate of drug-likeness (QED) is 0.705. The van der Waals surface area contributed by atoms with Gasteiger partial charge < -0.3 is 5.73 Å². The summed E-state index contributed by atoms with van der Waals surface area (Å²) in [6.07, 6.45) is 7.01. The summed E-state index contributed by atoms with van der Waals surface area (Å²) >= 11 is 0. The summed E-state index contributed by atoms with van der Waals surface area (Å²) in [6, 6.07) is 1.94. The first-order valence-corrected chi connectivity index (χ1v) is 3.99. The van der Waals surface area contributed by atoms with Crippen LogP contribution in [-0.2, 0) is 0 Å². The second-order valence-electron chi connectivity index (χ2n) is 2.82. The average Bonchev–Trinajstić information content (AvgIpc) is 2.52. The first-order chi connectivity index (χ1) is 6.29. The zero-order chi connectivity index (χ0) is 9.26. The standard InChI is InChI=1S/C9H10N4/c1-7-2-3-11-6-8(7)13-5-4-12-9(13)10/h2-6H,1H3,(H2,10,12). The largest absolute Gasteiger partial charge is 0.369 e. The number of nitrogens with two attached hydrogens (primary N) is 1. The van der Waals surface area contributed by atoms with Crippen molar-refractivity contribution in [1.29, 1.82) is 0 Å². The summed E-state index contributed by atoms with van der Waals surface area (Å²) < 4.78 is 1.81. The Balaban J connectivity index is 2.59. The molecule has 0 amide bonds. The van der Waals surface area contributed by atoms with E-state index in [-0.39, 0.29) is 0 Å². The first kappa shape index (κ1) is 7.79. The van der Waals surface area contributed by atoms with Gasteiger partial charge in [-0.1, -0.05) is 0 Å². The van der Waals surface area contributed by atoms with Gasteiger partial charge in [0, 0.05) is 18.6 Å². The molecule has 4 nitrogen and oxygen atoms in total. The van der Waals surface area contributed by atoms with E-state index >= 15 is 0 Å². The number of anilines is 1. The summed E-state index contributed by atoms with van der Waals surface area (Å²) in [4.78, 5) is 7.99. The first-order valence-electron chi connectivity index (χ1n) is 3.99. The van der Waals surface area contributed by atoms with Crippen molar-refractivity contribution in [2.45, 2.75) is 6.92 Å². The van der Waals surface area contributed by atoms with Crippen LogP contribution < -0.4 is 5.73 Å². The molecule has 0 saturated heterocycles. The number of rotatable bonds is 1. The molecule has 0 aromatic carbocycles. The van der Waals surface area contributed by atoms with Crippen LogP contribution in [0.25, 0.3) is 5.69 Å². The van der Waals surface area contributed by atoms with E-state index in [4.69, 9.17) is 5.73 Å². The van der Waals surface area contributed by atoms with Crippen molar-refractivity contribution in [1.82, 2.24) is 14.5 Å². The van der Waals surface area contributed by atoms with Gasteiger partial charge in [0.25, 0.3) is 0 Å². The van der Waals surface area contributed by atoms with E-state index in [1.807, 2.05) is 23.8 Å². The molecule has 0 aliphatic heterocycles. The number of hydrogen-bond acceptors (Lipinski definition) is 3. The summed E-state index contributed by atoms with van der Waals surface area (Å²) in [7, 11) is 0. The third-order valence-electron chi connectivity index (χ3n) is 1.94. The monoisotopic (exact) mass is 174 g/mol. The molecule has 0 atom stereocenters. The van der Waals surface area contributed by atoms with E-state index < -0.39 is 0 Å². The maximum atomic E-state index is 5.67. The SMILES string of the molecule is Cc1ccncc1-n1ccnc1N. The lowest BCUT2D eigenvalue weighted by Crippen LogP contribution is -2.01. The van der Waals surface area contributed by atoms with Crippen molar-refractivity contribution < 1.29 is 0 Å². The Morgan fingerprint density at radius 3 is 2.85 bits per heavy atom. The van der Waals surface area contributed by atoms with Crippen molar-refractivity contribution in [3.05, 3.63) is 36.4 Å². The molecule has 0 aliphatic carbocycles. The van der Waals surface area contributed by atoms with Gasteiger partial charge in [-0.05, 0) is 18.6 Å². The zero-order valence-electron chi connectivity index (χ0n) is 7.31. The molecule has 0 radical (unpaired) electrons. The minimum Gasteiger partial charge on any atom is -0.369 e. The van der Waals surface area contributed by atoms with Crippen LogP contribution >= 0.6 is 0 Å². The van der Waals surface area contributed by atoms with Crippen LogP contribution in [0.1, 0.15) is 5.56 Å². The van der Waals surface area contributed by atoms with Gasteiger partial charge in [-0.3, -0.25) is 9.55 Å². The average molecular weight is 174 g/mol. The summed E-state index contributed by atoms with van der Waals surface area (Å²) in [6.45, 7) is 2.01. The minimum atomic E-state index is 0.483. The summed E-state index contributed by atoms with van der Waals surface area (Å²) in [5.74, 6) is 0.483. The van der Waals surface area contributed by atoms with Crippen molar-refractivity contribution in [2.24, 2.45) is 0 Å².